The van der Waals surface area contributed by atoms with E-state index in [1.165, 1.54) is 12.1 Å². The van der Waals surface area contributed by atoms with Gasteiger partial charge < -0.3 is 9.47 Å². The van der Waals surface area contributed by atoms with Crippen LogP contribution in [0.25, 0.3) is 0 Å². The van der Waals surface area contributed by atoms with E-state index in [2.05, 4.69) is 5.92 Å². The van der Waals surface area contributed by atoms with Crippen molar-refractivity contribution in [2.24, 2.45) is 0 Å². The maximum Gasteiger partial charge on any atom is 0.339 e. The van der Waals surface area contributed by atoms with Gasteiger partial charge in [-0.05, 0) is 31.0 Å². The van der Waals surface area contributed by atoms with E-state index in [9.17, 15) is 9.59 Å². The Hall–Kier alpha value is -2.28. The minimum Gasteiger partial charge on any atom is -0.462 e. The van der Waals surface area contributed by atoms with Crippen molar-refractivity contribution in [3.8, 4) is 12.3 Å². The molecule has 20 heavy (non-hydrogen) atoms. The maximum atomic E-state index is 12.0. The van der Waals surface area contributed by atoms with Gasteiger partial charge in [-0.2, -0.15) is 0 Å². The fourth-order valence-electron chi connectivity index (χ4n) is 1.53. The number of carbonyl (C=O) groups is 2. The van der Waals surface area contributed by atoms with E-state index in [0.29, 0.717) is 31.6 Å². The van der Waals surface area contributed by atoms with Gasteiger partial charge in [0.2, 0.25) is 0 Å². The third-order valence-corrected chi connectivity index (χ3v) is 2.50. The van der Waals surface area contributed by atoms with Crippen LogP contribution in [0, 0.1) is 12.3 Å². The highest BCUT2D eigenvalue weighted by Gasteiger charge is 2.19. The lowest BCUT2D eigenvalue weighted by Gasteiger charge is -2.09. The Morgan fingerprint density at radius 3 is 2.10 bits per heavy atom. The molecule has 1 aromatic rings. The third-order valence-electron chi connectivity index (χ3n) is 2.50. The molecule has 0 heterocycles. The van der Waals surface area contributed by atoms with Gasteiger partial charge in [0.1, 0.15) is 0 Å². The zero-order valence-corrected chi connectivity index (χ0v) is 11.8. The Morgan fingerprint density at radius 1 is 1.05 bits per heavy atom. The molecule has 0 bridgehead atoms. The molecule has 0 aliphatic carbocycles. The van der Waals surface area contributed by atoms with Gasteiger partial charge in [-0.3, -0.25) is 0 Å². The topological polar surface area (TPSA) is 52.6 Å². The number of ether oxygens (including phenoxy) is 2. The number of hydrogen-bond donors (Lipinski definition) is 0. The molecule has 0 atom stereocenters. The summed E-state index contributed by atoms with van der Waals surface area (Å²) in [6.45, 7) is 4.38. The van der Waals surface area contributed by atoms with Crippen LogP contribution in [-0.2, 0) is 9.47 Å². The summed E-state index contributed by atoms with van der Waals surface area (Å²) < 4.78 is 10.1. The molecular formula is C16H18O4. The van der Waals surface area contributed by atoms with Gasteiger partial charge in [0.25, 0.3) is 0 Å². The Kier molecular flexibility index (Phi) is 6.31. The summed E-state index contributed by atoms with van der Waals surface area (Å²) >= 11 is 0. The highest BCUT2D eigenvalue weighted by Crippen LogP contribution is 2.15. The molecule has 1 aromatic carbocycles. The Balaban J connectivity index is 3.07. The molecule has 0 N–H and O–H groups in total. The van der Waals surface area contributed by atoms with Crippen molar-refractivity contribution in [1.29, 1.82) is 0 Å². The first kappa shape index (κ1) is 15.8. The van der Waals surface area contributed by atoms with E-state index in [1.54, 1.807) is 6.07 Å². The van der Waals surface area contributed by atoms with E-state index >= 15 is 0 Å². The summed E-state index contributed by atoms with van der Waals surface area (Å²) in [5.74, 6) is 1.32. The number of benzene rings is 1. The molecule has 106 valence electrons. The first-order valence-electron chi connectivity index (χ1n) is 6.58. The summed E-state index contributed by atoms with van der Waals surface area (Å²) in [6, 6.07) is 4.56. The van der Waals surface area contributed by atoms with Crippen molar-refractivity contribution >= 4 is 11.9 Å². The van der Waals surface area contributed by atoms with Gasteiger partial charge in [-0.25, -0.2) is 9.59 Å². The normalized spacial score (nSPS) is 9.65. The summed E-state index contributed by atoms with van der Waals surface area (Å²) in [6.07, 6.45) is 6.72. The van der Waals surface area contributed by atoms with Crippen LogP contribution in [-0.4, -0.2) is 25.2 Å². The van der Waals surface area contributed by atoms with Gasteiger partial charge in [0.05, 0.1) is 24.3 Å². The van der Waals surface area contributed by atoms with Crippen molar-refractivity contribution < 1.29 is 19.1 Å². The molecule has 0 aliphatic heterocycles. The van der Waals surface area contributed by atoms with Gasteiger partial charge in [-0.1, -0.05) is 19.8 Å². The van der Waals surface area contributed by atoms with Gasteiger partial charge >= 0.3 is 11.9 Å². The van der Waals surface area contributed by atoms with Crippen molar-refractivity contribution in [2.75, 3.05) is 13.2 Å². The first-order chi connectivity index (χ1) is 9.63. The minimum atomic E-state index is -0.563. The van der Waals surface area contributed by atoms with Crippen LogP contribution in [0.3, 0.4) is 0 Å². The highest BCUT2D eigenvalue weighted by atomic mass is 16.5. The van der Waals surface area contributed by atoms with Crippen molar-refractivity contribution in [3.05, 3.63) is 34.9 Å². The fraction of sp³-hybridized carbons (Fsp3) is 0.375. The molecule has 0 saturated heterocycles. The van der Waals surface area contributed by atoms with Gasteiger partial charge in [0, 0.05) is 5.56 Å². The molecule has 0 fully saturated rings. The molecule has 0 unspecified atom stereocenters. The van der Waals surface area contributed by atoms with E-state index in [-0.39, 0.29) is 11.1 Å². The lowest BCUT2D eigenvalue weighted by molar-refractivity contribution is 0.0458. The van der Waals surface area contributed by atoms with Crippen LogP contribution < -0.4 is 0 Å². The van der Waals surface area contributed by atoms with E-state index < -0.39 is 11.9 Å². The Morgan fingerprint density at radius 2 is 1.60 bits per heavy atom. The smallest absolute Gasteiger partial charge is 0.339 e. The molecule has 1 rings (SSSR count). The predicted octanol–water partition coefficient (Wildman–Crippen LogP) is 2.80. The fourth-order valence-corrected chi connectivity index (χ4v) is 1.53. The zero-order valence-electron chi connectivity index (χ0n) is 11.8. The quantitative estimate of drug-likeness (QED) is 0.591. The van der Waals surface area contributed by atoms with Crippen LogP contribution in [0.1, 0.15) is 53.0 Å². The molecule has 4 nitrogen and oxygen atoms in total. The largest absolute Gasteiger partial charge is 0.462 e. The number of esters is 2. The molecule has 4 heteroatoms. The maximum absolute atomic E-state index is 12.0. The second-order valence-corrected chi connectivity index (χ2v) is 4.18. The molecule has 0 spiro atoms. The monoisotopic (exact) mass is 274 g/mol. The number of hydrogen-bond acceptors (Lipinski definition) is 4. The van der Waals surface area contributed by atoms with Crippen LogP contribution in [0.5, 0.6) is 0 Å². The summed E-state index contributed by atoms with van der Waals surface area (Å²) in [4.78, 5) is 23.9. The van der Waals surface area contributed by atoms with E-state index in [1.807, 2.05) is 13.8 Å². The molecule has 0 radical (unpaired) electrons. The summed E-state index contributed by atoms with van der Waals surface area (Å²) in [7, 11) is 0. The van der Waals surface area contributed by atoms with Crippen LogP contribution in [0.2, 0.25) is 0 Å². The average molecular weight is 274 g/mol. The molecule has 0 saturated carbocycles. The van der Waals surface area contributed by atoms with Crippen LogP contribution in [0.4, 0.5) is 0 Å². The lowest BCUT2D eigenvalue weighted by atomic mass is 10.0. The summed E-state index contributed by atoms with van der Waals surface area (Å²) in [5.41, 5.74) is 0.842. The standard InChI is InChI=1S/C16H18O4/c1-4-9-19-15(17)13-8-7-12(6-3)11-14(13)16(18)20-10-5-2/h3,7-8,11H,4-5,9-10H2,1-2H3. The molecule has 0 aliphatic rings. The predicted molar refractivity (Wildman–Crippen MR) is 75.5 cm³/mol. The second-order valence-electron chi connectivity index (χ2n) is 4.18. The van der Waals surface area contributed by atoms with E-state index in [0.717, 1.165) is 0 Å². The van der Waals surface area contributed by atoms with Crippen LogP contribution >= 0.6 is 0 Å². The van der Waals surface area contributed by atoms with Crippen molar-refractivity contribution in [3.63, 3.8) is 0 Å². The van der Waals surface area contributed by atoms with Crippen molar-refractivity contribution in [1.82, 2.24) is 0 Å². The van der Waals surface area contributed by atoms with Gasteiger partial charge in [0.15, 0.2) is 0 Å². The van der Waals surface area contributed by atoms with E-state index in [4.69, 9.17) is 15.9 Å². The number of rotatable bonds is 6. The van der Waals surface area contributed by atoms with Crippen molar-refractivity contribution in [2.45, 2.75) is 26.7 Å². The SMILES string of the molecule is C#Cc1ccc(C(=O)OCCC)c(C(=O)OCCC)c1. The average Bonchev–Trinajstić information content (AvgIpc) is 2.49. The first-order valence-corrected chi connectivity index (χ1v) is 6.58. The lowest BCUT2D eigenvalue weighted by Crippen LogP contribution is -2.15. The zero-order chi connectivity index (χ0) is 15.0. The summed E-state index contributed by atoms with van der Waals surface area (Å²) in [5, 5.41) is 0. The molecule has 0 aromatic heterocycles. The Bertz CT molecular complexity index is 526. The molecule has 0 amide bonds. The Labute approximate surface area is 119 Å². The number of terminal acetylenes is 1. The highest BCUT2D eigenvalue weighted by molar-refractivity contribution is 6.03. The number of carbonyl (C=O) groups excluding carboxylic acids is 2. The minimum absolute atomic E-state index is 0.148. The molecular weight excluding hydrogens is 256 g/mol. The second kappa shape index (κ2) is 8.00. The van der Waals surface area contributed by atoms with Gasteiger partial charge in [-0.15, -0.1) is 6.42 Å². The third kappa shape index (κ3) is 4.13. The van der Waals surface area contributed by atoms with Crippen LogP contribution in [0.15, 0.2) is 18.2 Å².